The lowest BCUT2D eigenvalue weighted by Gasteiger charge is -2.08. The molecule has 23 heavy (non-hydrogen) atoms. The van der Waals surface area contributed by atoms with Crippen molar-refractivity contribution in [2.75, 3.05) is 5.32 Å². The average molecular weight is 327 g/mol. The van der Waals surface area contributed by atoms with Crippen molar-refractivity contribution in [2.45, 2.75) is 6.54 Å². The van der Waals surface area contributed by atoms with E-state index < -0.39 is 0 Å². The largest absolute Gasteiger partial charge is 0.348 e. The van der Waals surface area contributed by atoms with Crippen LogP contribution in [0, 0.1) is 5.82 Å². The van der Waals surface area contributed by atoms with E-state index in [4.69, 9.17) is 0 Å². The number of hydrogen-bond acceptors (Lipinski definition) is 4. The number of hydrogen-bond donors (Lipinski definition) is 2. The molecule has 0 atom stereocenters. The fourth-order valence-electron chi connectivity index (χ4n) is 2.03. The second kappa shape index (κ2) is 7.02. The third-order valence-electron chi connectivity index (χ3n) is 3.17. The highest BCUT2D eigenvalue weighted by molar-refractivity contribution is 7.13. The standard InChI is InChI=1S/C17H14FN3OS/c18-14-6-4-12(5-7-14)11-20-16(22)13-2-1-3-15(10-13)21-17-19-8-9-23-17/h1-10H,11H2,(H,19,21)(H,20,22). The summed E-state index contributed by atoms with van der Waals surface area (Å²) in [5, 5.41) is 8.61. The quantitative estimate of drug-likeness (QED) is 0.746. The van der Waals surface area contributed by atoms with Gasteiger partial charge in [0.05, 0.1) is 0 Å². The Bertz CT molecular complexity index is 788. The van der Waals surface area contributed by atoms with E-state index in [9.17, 15) is 9.18 Å². The molecule has 1 aromatic heterocycles. The van der Waals surface area contributed by atoms with Gasteiger partial charge in [-0.15, -0.1) is 11.3 Å². The summed E-state index contributed by atoms with van der Waals surface area (Å²) in [7, 11) is 0. The Hall–Kier alpha value is -2.73. The predicted octanol–water partition coefficient (Wildman–Crippen LogP) is 3.96. The number of thiazole rings is 1. The second-order valence-corrected chi connectivity index (χ2v) is 5.75. The third kappa shape index (κ3) is 4.14. The molecule has 1 amide bonds. The smallest absolute Gasteiger partial charge is 0.251 e. The Labute approximate surface area is 137 Å². The molecule has 2 aromatic carbocycles. The molecule has 0 saturated heterocycles. The van der Waals surface area contributed by atoms with Gasteiger partial charge in [0.2, 0.25) is 0 Å². The van der Waals surface area contributed by atoms with Crippen molar-refractivity contribution < 1.29 is 9.18 Å². The van der Waals surface area contributed by atoms with E-state index in [0.717, 1.165) is 16.4 Å². The fourth-order valence-corrected chi connectivity index (χ4v) is 2.58. The summed E-state index contributed by atoms with van der Waals surface area (Å²) in [6, 6.07) is 13.2. The van der Waals surface area contributed by atoms with E-state index >= 15 is 0 Å². The van der Waals surface area contributed by atoms with Crippen LogP contribution in [0.3, 0.4) is 0 Å². The highest BCUT2D eigenvalue weighted by Gasteiger charge is 2.07. The summed E-state index contributed by atoms with van der Waals surface area (Å²) >= 11 is 1.49. The van der Waals surface area contributed by atoms with Crippen LogP contribution in [0.1, 0.15) is 15.9 Å². The van der Waals surface area contributed by atoms with Gasteiger partial charge in [-0.3, -0.25) is 4.79 Å². The van der Waals surface area contributed by atoms with Crippen LogP contribution in [-0.4, -0.2) is 10.9 Å². The third-order valence-corrected chi connectivity index (χ3v) is 3.86. The number of rotatable bonds is 5. The highest BCUT2D eigenvalue weighted by Crippen LogP contribution is 2.19. The van der Waals surface area contributed by atoms with Gasteiger partial charge in [-0.05, 0) is 35.9 Å². The minimum atomic E-state index is -0.291. The molecule has 3 rings (SSSR count). The molecule has 0 unspecified atom stereocenters. The molecule has 0 aliphatic rings. The molecule has 3 aromatic rings. The van der Waals surface area contributed by atoms with Crippen LogP contribution in [0.25, 0.3) is 0 Å². The molecule has 0 spiro atoms. The summed E-state index contributed by atoms with van der Waals surface area (Å²) in [6.07, 6.45) is 1.71. The zero-order valence-electron chi connectivity index (χ0n) is 12.1. The fraction of sp³-hybridized carbons (Fsp3) is 0.0588. The Kier molecular flexibility index (Phi) is 4.63. The molecule has 6 heteroatoms. The minimum Gasteiger partial charge on any atom is -0.348 e. The summed E-state index contributed by atoms with van der Waals surface area (Å²) in [6.45, 7) is 0.350. The van der Waals surface area contributed by atoms with Gasteiger partial charge < -0.3 is 10.6 Å². The molecule has 0 saturated carbocycles. The summed E-state index contributed by atoms with van der Waals surface area (Å²) in [5.41, 5.74) is 2.19. The molecule has 0 radical (unpaired) electrons. The zero-order chi connectivity index (χ0) is 16.1. The summed E-state index contributed by atoms with van der Waals surface area (Å²) in [5.74, 6) is -0.474. The molecule has 0 aliphatic heterocycles. The first-order valence-electron chi connectivity index (χ1n) is 7.00. The number of carbonyl (C=O) groups is 1. The van der Waals surface area contributed by atoms with Gasteiger partial charge in [-0.2, -0.15) is 0 Å². The second-order valence-electron chi connectivity index (χ2n) is 4.85. The summed E-state index contributed by atoms with van der Waals surface area (Å²) < 4.78 is 12.9. The number of nitrogens with one attached hydrogen (secondary N) is 2. The van der Waals surface area contributed by atoms with E-state index in [2.05, 4.69) is 15.6 Å². The van der Waals surface area contributed by atoms with Crippen LogP contribution in [0.5, 0.6) is 0 Å². The van der Waals surface area contributed by atoms with Gasteiger partial charge in [-0.1, -0.05) is 18.2 Å². The van der Waals surface area contributed by atoms with Crippen LogP contribution < -0.4 is 10.6 Å². The number of carbonyl (C=O) groups excluding carboxylic acids is 1. The number of benzene rings is 2. The molecule has 116 valence electrons. The Morgan fingerprint density at radius 2 is 2.00 bits per heavy atom. The molecule has 2 N–H and O–H groups in total. The normalized spacial score (nSPS) is 10.3. The number of nitrogens with zero attached hydrogens (tertiary/aromatic N) is 1. The van der Waals surface area contributed by atoms with Gasteiger partial charge in [-0.25, -0.2) is 9.37 Å². The van der Waals surface area contributed by atoms with E-state index in [1.165, 1.54) is 23.5 Å². The van der Waals surface area contributed by atoms with Crippen LogP contribution in [0.15, 0.2) is 60.1 Å². The van der Waals surface area contributed by atoms with E-state index in [1.807, 2.05) is 17.5 Å². The zero-order valence-corrected chi connectivity index (χ0v) is 12.9. The maximum absolute atomic E-state index is 12.9. The highest BCUT2D eigenvalue weighted by atomic mass is 32.1. The lowest BCUT2D eigenvalue weighted by molar-refractivity contribution is 0.0951. The Morgan fingerprint density at radius 1 is 1.17 bits per heavy atom. The lowest BCUT2D eigenvalue weighted by Crippen LogP contribution is -2.22. The van der Waals surface area contributed by atoms with Crippen LogP contribution in [0.4, 0.5) is 15.2 Å². The van der Waals surface area contributed by atoms with Crippen molar-refractivity contribution in [1.82, 2.24) is 10.3 Å². The van der Waals surface area contributed by atoms with Crippen molar-refractivity contribution in [3.8, 4) is 0 Å². The number of anilines is 2. The van der Waals surface area contributed by atoms with Crippen molar-refractivity contribution in [3.63, 3.8) is 0 Å². The molecular weight excluding hydrogens is 313 g/mol. The SMILES string of the molecule is O=C(NCc1ccc(F)cc1)c1cccc(Nc2nccs2)c1. The summed E-state index contributed by atoms with van der Waals surface area (Å²) in [4.78, 5) is 16.4. The monoisotopic (exact) mass is 327 g/mol. The van der Waals surface area contributed by atoms with E-state index in [1.54, 1.807) is 30.5 Å². The van der Waals surface area contributed by atoms with Crippen LogP contribution in [0.2, 0.25) is 0 Å². The molecule has 0 aliphatic carbocycles. The van der Waals surface area contributed by atoms with Crippen molar-refractivity contribution in [1.29, 1.82) is 0 Å². The maximum Gasteiger partial charge on any atom is 0.251 e. The maximum atomic E-state index is 12.9. The Balaban J connectivity index is 1.63. The number of aromatic nitrogens is 1. The van der Waals surface area contributed by atoms with E-state index in [-0.39, 0.29) is 11.7 Å². The molecule has 0 fully saturated rings. The van der Waals surface area contributed by atoms with Gasteiger partial charge in [0.25, 0.3) is 5.91 Å². The van der Waals surface area contributed by atoms with Crippen molar-refractivity contribution >= 4 is 28.1 Å². The van der Waals surface area contributed by atoms with Crippen molar-refractivity contribution in [3.05, 3.63) is 77.1 Å². The minimum absolute atomic E-state index is 0.183. The topological polar surface area (TPSA) is 54.0 Å². The van der Waals surface area contributed by atoms with E-state index in [0.29, 0.717) is 12.1 Å². The van der Waals surface area contributed by atoms with Crippen LogP contribution in [-0.2, 0) is 6.54 Å². The van der Waals surface area contributed by atoms with Gasteiger partial charge in [0, 0.05) is 29.4 Å². The predicted molar refractivity (Wildman–Crippen MR) is 89.4 cm³/mol. The van der Waals surface area contributed by atoms with Gasteiger partial charge in [0.15, 0.2) is 5.13 Å². The molecule has 1 heterocycles. The first kappa shape index (κ1) is 15.2. The molecular formula is C17H14FN3OS. The van der Waals surface area contributed by atoms with Gasteiger partial charge in [0.1, 0.15) is 5.82 Å². The molecule has 4 nitrogen and oxygen atoms in total. The number of halogens is 1. The number of amides is 1. The Morgan fingerprint density at radius 3 is 2.74 bits per heavy atom. The first-order chi connectivity index (χ1) is 11.2. The van der Waals surface area contributed by atoms with Gasteiger partial charge >= 0.3 is 0 Å². The van der Waals surface area contributed by atoms with Crippen LogP contribution >= 0.6 is 11.3 Å². The molecule has 0 bridgehead atoms. The van der Waals surface area contributed by atoms with Crippen molar-refractivity contribution in [2.24, 2.45) is 0 Å². The average Bonchev–Trinajstić information content (AvgIpc) is 3.07. The lowest BCUT2D eigenvalue weighted by atomic mass is 10.1. The first-order valence-corrected chi connectivity index (χ1v) is 7.88.